The van der Waals surface area contributed by atoms with Crippen LogP contribution in [0.2, 0.25) is 0 Å². The van der Waals surface area contributed by atoms with Crippen LogP contribution in [0, 0.1) is 11.3 Å². The average molecular weight is 392 g/mol. The first kappa shape index (κ1) is 22.0. The smallest absolute Gasteiger partial charge is 0.314 e. The molecule has 0 amide bonds. The van der Waals surface area contributed by atoms with Gasteiger partial charge in [0.1, 0.15) is 6.61 Å². The molecule has 0 aromatic heterocycles. The lowest BCUT2D eigenvalue weighted by Crippen LogP contribution is -2.33. The van der Waals surface area contributed by atoms with Crippen LogP contribution in [0.5, 0.6) is 0 Å². The van der Waals surface area contributed by atoms with E-state index in [0.29, 0.717) is 18.1 Å². The Morgan fingerprint density at radius 2 is 2.04 bits per heavy atom. The van der Waals surface area contributed by atoms with Crippen LogP contribution in [-0.2, 0) is 9.53 Å². The molecule has 1 heterocycles. The van der Waals surface area contributed by atoms with E-state index in [1.165, 1.54) is 6.42 Å². The predicted octanol–water partition coefficient (Wildman–Crippen LogP) is 5.21. The standard InChI is InChI=1S/C23H33NO2.ClH/c1-18-16-23(2,3)17-24(18)14-15-26-22(25)21(19-10-6-4-7-11-19)20-12-8-5-9-13-20;/h4,6-8,10-12,18,20-21H,5,9,13-17H2,1-3H3;1H. The third-order valence-corrected chi connectivity index (χ3v) is 5.86. The Labute approximate surface area is 170 Å². The highest BCUT2D eigenvalue weighted by atomic mass is 35.5. The van der Waals surface area contributed by atoms with Crippen molar-refractivity contribution in [2.75, 3.05) is 19.7 Å². The Morgan fingerprint density at radius 1 is 1.30 bits per heavy atom. The molecule has 3 nitrogen and oxygen atoms in total. The van der Waals surface area contributed by atoms with Crippen molar-refractivity contribution in [3.05, 3.63) is 48.0 Å². The summed E-state index contributed by atoms with van der Waals surface area (Å²) in [6.07, 6.45) is 8.97. The van der Waals surface area contributed by atoms with Gasteiger partial charge in [-0.3, -0.25) is 9.69 Å². The van der Waals surface area contributed by atoms with Gasteiger partial charge in [0.15, 0.2) is 0 Å². The van der Waals surface area contributed by atoms with Gasteiger partial charge in [0.05, 0.1) is 5.92 Å². The van der Waals surface area contributed by atoms with Gasteiger partial charge in [0.25, 0.3) is 0 Å². The van der Waals surface area contributed by atoms with E-state index in [4.69, 9.17) is 4.74 Å². The topological polar surface area (TPSA) is 29.5 Å². The van der Waals surface area contributed by atoms with E-state index in [1.807, 2.05) is 18.2 Å². The quantitative estimate of drug-likeness (QED) is 0.492. The summed E-state index contributed by atoms with van der Waals surface area (Å²) in [5, 5.41) is 0. The van der Waals surface area contributed by atoms with E-state index in [0.717, 1.165) is 37.9 Å². The molecule has 150 valence electrons. The minimum atomic E-state index is -0.180. The van der Waals surface area contributed by atoms with Crippen LogP contribution in [0.3, 0.4) is 0 Å². The van der Waals surface area contributed by atoms with Crippen molar-refractivity contribution < 1.29 is 9.53 Å². The molecule has 3 atom stereocenters. The highest BCUT2D eigenvalue weighted by Gasteiger charge is 2.35. The van der Waals surface area contributed by atoms with E-state index in [9.17, 15) is 4.79 Å². The molecule has 0 saturated carbocycles. The fourth-order valence-corrected chi connectivity index (χ4v) is 4.69. The second kappa shape index (κ2) is 9.75. The summed E-state index contributed by atoms with van der Waals surface area (Å²) in [7, 11) is 0. The zero-order chi connectivity index (χ0) is 18.6. The lowest BCUT2D eigenvalue weighted by Gasteiger charge is -2.27. The van der Waals surface area contributed by atoms with Gasteiger partial charge in [0, 0.05) is 19.1 Å². The Kier molecular flexibility index (Phi) is 7.93. The molecule has 1 aliphatic heterocycles. The fourth-order valence-electron chi connectivity index (χ4n) is 4.69. The zero-order valence-electron chi connectivity index (χ0n) is 16.9. The van der Waals surface area contributed by atoms with E-state index in [1.54, 1.807) is 0 Å². The van der Waals surface area contributed by atoms with Crippen LogP contribution in [0.4, 0.5) is 0 Å². The SMILES string of the molecule is CC1CC(C)(C)CN1CCOC(=O)C(c1ccccc1)C1C=CCCC1.Cl. The number of allylic oxidation sites excluding steroid dienone is 2. The molecule has 1 aromatic carbocycles. The van der Waals surface area contributed by atoms with Gasteiger partial charge >= 0.3 is 5.97 Å². The molecule has 3 unspecified atom stereocenters. The van der Waals surface area contributed by atoms with Gasteiger partial charge < -0.3 is 4.74 Å². The van der Waals surface area contributed by atoms with Crippen molar-refractivity contribution in [2.24, 2.45) is 11.3 Å². The zero-order valence-corrected chi connectivity index (χ0v) is 17.7. The van der Waals surface area contributed by atoms with E-state index < -0.39 is 0 Å². The number of ether oxygens (including phenoxy) is 1. The van der Waals surface area contributed by atoms with Gasteiger partial charge in [0.2, 0.25) is 0 Å². The molecular formula is C23H34ClNO2. The number of hydrogen-bond donors (Lipinski definition) is 0. The van der Waals surface area contributed by atoms with Crippen LogP contribution < -0.4 is 0 Å². The number of benzene rings is 1. The maximum atomic E-state index is 13.0. The van der Waals surface area contributed by atoms with E-state index in [2.05, 4.69) is 50.0 Å². The number of carbonyl (C=O) groups excluding carboxylic acids is 1. The van der Waals surface area contributed by atoms with Gasteiger partial charge in [-0.15, -0.1) is 12.4 Å². The highest BCUT2D eigenvalue weighted by Crippen LogP contribution is 2.35. The minimum Gasteiger partial charge on any atom is -0.464 e. The molecule has 1 aliphatic carbocycles. The summed E-state index contributed by atoms with van der Waals surface area (Å²) in [5.74, 6) is 0.00217. The van der Waals surface area contributed by atoms with Crippen molar-refractivity contribution in [1.82, 2.24) is 4.90 Å². The van der Waals surface area contributed by atoms with Crippen LogP contribution in [-0.4, -0.2) is 36.6 Å². The highest BCUT2D eigenvalue weighted by molar-refractivity contribution is 5.85. The van der Waals surface area contributed by atoms with Crippen LogP contribution in [0.1, 0.15) is 57.9 Å². The maximum Gasteiger partial charge on any atom is 0.314 e. The number of carbonyl (C=O) groups is 1. The number of likely N-dealkylation sites (tertiary alicyclic amines) is 1. The molecular weight excluding hydrogens is 358 g/mol. The summed E-state index contributed by atoms with van der Waals surface area (Å²) in [6, 6.07) is 10.7. The lowest BCUT2D eigenvalue weighted by molar-refractivity contribution is -0.147. The lowest BCUT2D eigenvalue weighted by atomic mass is 9.80. The molecule has 0 radical (unpaired) electrons. The summed E-state index contributed by atoms with van der Waals surface area (Å²) in [4.78, 5) is 15.4. The molecule has 2 aliphatic rings. The van der Waals surface area contributed by atoms with Crippen LogP contribution in [0.25, 0.3) is 0 Å². The molecule has 1 aromatic rings. The summed E-state index contributed by atoms with van der Waals surface area (Å²) in [6.45, 7) is 9.31. The maximum absolute atomic E-state index is 13.0. The number of halogens is 1. The normalized spacial score (nSPS) is 25.6. The Hall–Kier alpha value is -1.32. The van der Waals surface area contributed by atoms with Gasteiger partial charge in [-0.1, -0.05) is 56.3 Å². The largest absolute Gasteiger partial charge is 0.464 e. The average Bonchev–Trinajstić information content (AvgIpc) is 2.89. The Balaban J connectivity index is 0.00000261. The van der Waals surface area contributed by atoms with Gasteiger partial charge in [-0.25, -0.2) is 0 Å². The number of hydrogen-bond acceptors (Lipinski definition) is 3. The van der Waals surface area contributed by atoms with Crippen molar-refractivity contribution in [3.8, 4) is 0 Å². The molecule has 0 bridgehead atoms. The Bertz CT molecular complexity index is 629. The third kappa shape index (κ3) is 5.83. The number of esters is 1. The van der Waals surface area contributed by atoms with Crippen LogP contribution in [0.15, 0.2) is 42.5 Å². The molecule has 1 saturated heterocycles. The van der Waals surface area contributed by atoms with Crippen molar-refractivity contribution in [3.63, 3.8) is 0 Å². The molecule has 27 heavy (non-hydrogen) atoms. The monoisotopic (exact) mass is 391 g/mol. The second-order valence-corrected chi connectivity index (χ2v) is 8.77. The van der Waals surface area contributed by atoms with Crippen molar-refractivity contribution >= 4 is 18.4 Å². The fraction of sp³-hybridized carbons (Fsp3) is 0.609. The summed E-state index contributed by atoms with van der Waals surface area (Å²) < 4.78 is 5.78. The first-order chi connectivity index (χ1) is 12.5. The predicted molar refractivity (Wildman–Crippen MR) is 113 cm³/mol. The first-order valence-electron chi connectivity index (χ1n) is 10.1. The molecule has 1 fully saturated rings. The third-order valence-electron chi connectivity index (χ3n) is 5.86. The second-order valence-electron chi connectivity index (χ2n) is 8.77. The molecule has 4 heteroatoms. The number of nitrogens with zero attached hydrogens (tertiary/aromatic N) is 1. The van der Waals surface area contributed by atoms with Crippen molar-refractivity contribution in [1.29, 1.82) is 0 Å². The first-order valence-corrected chi connectivity index (χ1v) is 10.1. The summed E-state index contributed by atoms with van der Waals surface area (Å²) in [5.41, 5.74) is 1.44. The van der Waals surface area contributed by atoms with E-state index in [-0.39, 0.29) is 30.2 Å². The molecule has 0 spiro atoms. The Morgan fingerprint density at radius 3 is 2.63 bits per heavy atom. The van der Waals surface area contributed by atoms with Crippen LogP contribution >= 0.6 is 12.4 Å². The number of rotatable bonds is 6. The van der Waals surface area contributed by atoms with Gasteiger partial charge in [-0.2, -0.15) is 0 Å². The molecule has 0 N–H and O–H groups in total. The summed E-state index contributed by atoms with van der Waals surface area (Å²) >= 11 is 0. The molecule has 3 rings (SSSR count). The van der Waals surface area contributed by atoms with E-state index >= 15 is 0 Å². The minimum absolute atomic E-state index is 0. The van der Waals surface area contributed by atoms with Crippen molar-refractivity contribution in [2.45, 2.75) is 58.4 Å². The van der Waals surface area contributed by atoms with Gasteiger partial charge in [-0.05, 0) is 49.5 Å².